The summed E-state index contributed by atoms with van der Waals surface area (Å²) in [5, 5.41) is 8.00. The van der Waals surface area contributed by atoms with E-state index in [1.165, 1.54) is 5.39 Å². The number of nitrogens with one attached hydrogen (secondary N) is 2. The molecule has 0 saturated heterocycles. The standard InChI is InChI=1S/C15H18N2O2/c1-16-15(18)10-17-9-11-3-4-13-8-14(19-2)6-5-12(13)7-11/h3-8,17H,9-10H2,1-2H3,(H,16,18). The van der Waals surface area contributed by atoms with E-state index in [9.17, 15) is 4.79 Å². The summed E-state index contributed by atoms with van der Waals surface area (Å²) < 4.78 is 5.20. The molecule has 0 heterocycles. The van der Waals surface area contributed by atoms with E-state index in [1.807, 2.05) is 18.2 Å². The summed E-state index contributed by atoms with van der Waals surface area (Å²) in [6, 6.07) is 12.2. The topological polar surface area (TPSA) is 50.4 Å². The zero-order valence-electron chi connectivity index (χ0n) is 11.2. The van der Waals surface area contributed by atoms with Gasteiger partial charge in [-0.1, -0.05) is 18.2 Å². The van der Waals surface area contributed by atoms with Gasteiger partial charge in [0, 0.05) is 13.6 Å². The molecule has 1 amide bonds. The van der Waals surface area contributed by atoms with Gasteiger partial charge in [-0.05, 0) is 34.5 Å². The van der Waals surface area contributed by atoms with Crippen LogP contribution in [0, 0.1) is 0 Å². The Morgan fingerprint density at radius 1 is 1.16 bits per heavy atom. The number of hydrogen-bond donors (Lipinski definition) is 2. The Hall–Kier alpha value is -2.07. The summed E-state index contributed by atoms with van der Waals surface area (Å²) in [6.45, 7) is 1.01. The molecule has 2 N–H and O–H groups in total. The van der Waals surface area contributed by atoms with Crippen LogP contribution in [-0.2, 0) is 11.3 Å². The number of amides is 1. The second kappa shape index (κ2) is 6.20. The highest BCUT2D eigenvalue weighted by molar-refractivity contribution is 5.84. The molecule has 0 bridgehead atoms. The van der Waals surface area contributed by atoms with Gasteiger partial charge < -0.3 is 15.4 Å². The lowest BCUT2D eigenvalue weighted by Crippen LogP contribution is -2.30. The Bertz CT molecular complexity index is 581. The molecule has 2 aromatic rings. The Labute approximate surface area is 112 Å². The molecule has 0 spiro atoms. The van der Waals surface area contributed by atoms with E-state index in [0.29, 0.717) is 13.1 Å². The molecule has 2 aromatic carbocycles. The molecule has 19 heavy (non-hydrogen) atoms. The first kappa shape index (κ1) is 13.4. The van der Waals surface area contributed by atoms with Crippen molar-refractivity contribution in [2.24, 2.45) is 0 Å². The molecule has 0 aromatic heterocycles. The largest absolute Gasteiger partial charge is 0.497 e. The lowest BCUT2D eigenvalue weighted by molar-refractivity contribution is -0.119. The SMILES string of the molecule is CNC(=O)CNCc1ccc2cc(OC)ccc2c1. The van der Waals surface area contributed by atoms with Gasteiger partial charge >= 0.3 is 0 Å². The predicted octanol–water partition coefficient (Wildman–Crippen LogP) is 1.68. The minimum atomic E-state index is -0.00877. The summed E-state index contributed by atoms with van der Waals surface area (Å²) in [6.07, 6.45) is 0. The second-order valence-electron chi connectivity index (χ2n) is 4.32. The molecule has 0 aliphatic carbocycles. The number of benzene rings is 2. The molecule has 0 unspecified atom stereocenters. The first-order chi connectivity index (χ1) is 9.22. The number of hydrogen-bond acceptors (Lipinski definition) is 3. The number of rotatable bonds is 5. The number of ether oxygens (including phenoxy) is 1. The zero-order valence-corrected chi connectivity index (χ0v) is 11.2. The molecular weight excluding hydrogens is 240 g/mol. The third-order valence-electron chi connectivity index (χ3n) is 3.01. The van der Waals surface area contributed by atoms with E-state index in [0.717, 1.165) is 16.7 Å². The van der Waals surface area contributed by atoms with Crippen LogP contribution in [0.3, 0.4) is 0 Å². The maximum atomic E-state index is 11.1. The Morgan fingerprint density at radius 3 is 2.63 bits per heavy atom. The van der Waals surface area contributed by atoms with Gasteiger partial charge in [0.05, 0.1) is 13.7 Å². The van der Waals surface area contributed by atoms with Crippen molar-refractivity contribution in [3.05, 3.63) is 42.0 Å². The van der Waals surface area contributed by atoms with Crippen LogP contribution in [0.1, 0.15) is 5.56 Å². The van der Waals surface area contributed by atoms with Crippen LogP contribution in [0.15, 0.2) is 36.4 Å². The summed E-state index contributed by atoms with van der Waals surface area (Å²) in [4.78, 5) is 11.1. The summed E-state index contributed by atoms with van der Waals surface area (Å²) in [5.41, 5.74) is 1.15. The Morgan fingerprint density at radius 2 is 1.89 bits per heavy atom. The first-order valence-electron chi connectivity index (χ1n) is 6.21. The zero-order chi connectivity index (χ0) is 13.7. The van der Waals surface area contributed by atoms with Crippen LogP contribution in [0.2, 0.25) is 0 Å². The van der Waals surface area contributed by atoms with E-state index < -0.39 is 0 Å². The van der Waals surface area contributed by atoms with E-state index in [1.54, 1.807) is 14.2 Å². The highest BCUT2D eigenvalue weighted by Gasteiger charge is 2.00. The molecule has 0 fully saturated rings. The minimum absolute atomic E-state index is 0.00877. The fourth-order valence-corrected chi connectivity index (χ4v) is 1.92. The maximum Gasteiger partial charge on any atom is 0.233 e. The average molecular weight is 258 g/mol. The van der Waals surface area contributed by atoms with Crippen molar-refractivity contribution < 1.29 is 9.53 Å². The third kappa shape index (κ3) is 3.45. The van der Waals surface area contributed by atoms with Gasteiger partial charge in [-0.25, -0.2) is 0 Å². The van der Waals surface area contributed by atoms with Crippen LogP contribution < -0.4 is 15.4 Å². The highest BCUT2D eigenvalue weighted by atomic mass is 16.5. The van der Waals surface area contributed by atoms with Gasteiger partial charge in [-0.2, -0.15) is 0 Å². The van der Waals surface area contributed by atoms with Crippen molar-refractivity contribution in [3.63, 3.8) is 0 Å². The van der Waals surface area contributed by atoms with E-state index in [2.05, 4.69) is 28.8 Å². The van der Waals surface area contributed by atoms with Gasteiger partial charge in [0.15, 0.2) is 0 Å². The van der Waals surface area contributed by atoms with E-state index in [4.69, 9.17) is 4.74 Å². The maximum absolute atomic E-state index is 11.1. The number of carbonyl (C=O) groups excluding carboxylic acids is 1. The van der Waals surface area contributed by atoms with Crippen LogP contribution in [0.4, 0.5) is 0 Å². The monoisotopic (exact) mass is 258 g/mol. The van der Waals surface area contributed by atoms with Crippen molar-refractivity contribution in [1.82, 2.24) is 10.6 Å². The fourth-order valence-electron chi connectivity index (χ4n) is 1.92. The van der Waals surface area contributed by atoms with Crippen molar-refractivity contribution in [2.45, 2.75) is 6.54 Å². The number of likely N-dealkylation sites (N-methyl/N-ethyl adjacent to an activating group) is 1. The van der Waals surface area contributed by atoms with Crippen molar-refractivity contribution in [1.29, 1.82) is 0 Å². The third-order valence-corrected chi connectivity index (χ3v) is 3.01. The Balaban J connectivity index is 2.07. The molecular formula is C15H18N2O2. The van der Waals surface area contributed by atoms with Crippen LogP contribution in [0.5, 0.6) is 5.75 Å². The number of carbonyl (C=O) groups is 1. The molecule has 0 saturated carbocycles. The Kier molecular flexibility index (Phi) is 4.36. The molecule has 100 valence electrons. The van der Waals surface area contributed by atoms with Gasteiger partial charge in [-0.15, -0.1) is 0 Å². The normalized spacial score (nSPS) is 10.4. The van der Waals surface area contributed by atoms with Gasteiger partial charge in [-0.3, -0.25) is 4.79 Å². The smallest absolute Gasteiger partial charge is 0.233 e. The molecule has 2 rings (SSSR count). The predicted molar refractivity (Wildman–Crippen MR) is 76.3 cm³/mol. The van der Waals surface area contributed by atoms with E-state index >= 15 is 0 Å². The number of fused-ring (bicyclic) bond motifs is 1. The van der Waals surface area contributed by atoms with Crippen molar-refractivity contribution in [3.8, 4) is 5.75 Å². The average Bonchev–Trinajstić information content (AvgIpc) is 2.46. The van der Waals surface area contributed by atoms with Gasteiger partial charge in [0.1, 0.15) is 5.75 Å². The van der Waals surface area contributed by atoms with E-state index in [-0.39, 0.29) is 5.91 Å². The lowest BCUT2D eigenvalue weighted by atomic mass is 10.1. The quantitative estimate of drug-likeness (QED) is 0.858. The highest BCUT2D eigenvalue weighted by Crippen LogP contribution is 2.21. The molecule has 0 aliphatic heterocycles. The van der Waals surface area contributed by atoms with Crippen molar-refractivity contribution in [2.75, 3.05) is 20.7 Å². The summed E-state index contributed by atoms with van der Waals surface area (Å²) in [7, 11) is 3.30. The molecule has 0 atom stereocenters. The van der Waals surface area contributed by atoms with Crippen LogP contribution in [0.25, 0.3) is 10.8 Å². The van der Waals surface area contributed by atoms with Crippen molar-refractivity contribution >= 4 is 16.7 Å². The lowest BCUT2D eigenvalue weighted by Gasteiger charge is -2.07. The van der Waals surface area contributed by atoms with Crippen LogP contribution >= 0.6 is 0 Å². The fraction of sp³-hybridized carbons (Fsp3) is 0.267. The summed E-state index contributed by atoms with van der Waals surface area (Å²) in [5.74, 6) is 0.850. The minimum Gasteiger partial charge on any atom is -0.497 e. The van der Waals surface area contributed by atoms with Gasteiger partial charge in [0.2, 0.25) is 5.91 Å². The second-order valence-corrected chi connectivity index (χ2v) is 4.32. The molecule has 0 radical (unpaired) electrons. The first-order valence-corrected chi connectivity index (χ1v) is 6.21. The van der Waals surface area contributed by atoms with Crippen LogP contribution in [-0.4, -0.2) is 26.6 Å². The molecule has 0 aliphatic rings. The molecule has 4 nitrogen and oxygen atoms in total. The number of methoxy groups -OCH3 is 1. The molecule has 4 heteroatoms. The van der Waals surface area contributed by atoms with Gasteiger partial charge in [0.25, 0.3) is 0 Å². The summed E-state index contributed by atoms with van der Waals surface area (Å²) >= 11 is 0.